The maximum atomic E-state index is 13.6. The van der Waals surface area contributed by atoms with Crippen molar-refractivity contribution in [2.75, 3.05) is 0 Å². The van der Waals surface area contributed by atoms with Gasteiger partial charge in [-0.05, 0) is 47.9 Å². The number of fused-ring (bicyclic) bond motifs is 1. The molecule has 0 N–H and O–H groups in total. The highest BCUT2D eigenvalue weighted by Crippen LogP contribution is 2.39. The molecule has 0 fully saturated rings. The van der Waals surface area contributed by atoms with Crippen molar-refractivity contribution in [1.29, 1.82) is 0 Å². The molecule has 2 heteroatoms. The molecule has 0 saturated heterocycles. The highest BCUT2D eigenvalue weighted by molar-refractivity contribution is 5.37. The van der Waals surface area contributed by atoms with E-state index < -0.39 is 0 Å². The fourth-order valence-corrected chi connectivity index (χ4v) is 2.40. The van der Waals surface area contributed by atoms with E-state index in [0.29, 0.717) is 17.5 Å². The lowest BCUT2D eigenvalue weighted by atomic mass is 9.72. The van der Waals surface area contributed by atoms with Crippen LogP contribution in [0.1, 0.15) is 37.8 Å². The standard InChI is InChI=1S/C12H14F2/c1-12(2)7-3-4-8-9(13)5-6-10(14)11(8)12/h5-6H,3-4,7H2,1-2H3. The van der Waals surface area contributed by atoms with Crippen molar-refractivity contribution in [3.63, 3.8) is 0 Å². The average molecular weight is 196 g/mol. The van der Waals surface area contributed by atoms with Gasteiger partial charge < -0.3 is 0 Å². The first-order valence-electron chi connectivity index (χ1n) is 5.00. The van der Waals surface area contributed by atoms with Gasteiger partial charge >= 0.3 is 0 Å². The van der Waals surface area contributed by atoms with Gasteiger partial charge in [0, 0.05) is 0 Å². The third-order valence-corrected chi connectivity index (χ3v) is 3.11. The highest BCUT2D eigenvalue weighted by atomic mass is 19.1. The Hall–Kier alpha value is -0.920. The van der Waals surface area contributed by atoms with E-state index >= 15 is 0 Å². The summed E-state index contributed by atoms with van der Waals surface area (Å²) < 4.78 is 27.0. The second-order valence-electron chi connectivity index (χ2n) is 4.62. The molecular weight excluding hydrogens is 182 g/mol. The summed E-state index contributed by atoms with van der Waals surface area (Å²) in [4.78, 5) is 0. The Bertz CT molecular complexity index is 367. The van der Waals surface area contributed by atoms with Gasteiger partial charge in [-0.1, -0.05) is 13.8 Å². The molecule has 0 amide bonds. The molecule has 0 unspecified atom stereocenters. The average Bonchev–Trinajstić information content (AvgIpc) is 2.10. The number of hydrogen-bond acceptors (Lipinski definition) is 0. The molecule has 14 heavy (non-hydrogen) atoms. The van der Waals surface area contributed by atoms with E-state index in [-0.39, 0.29) is 17.0 Å². The molecule has 0 bridgehead atoms. The first-order chi connectivity index (χ1) is 6.52. The summed E-state index contributed by atoms with van der Waals surface area (Å²) >= 11 is 0. The Morgan fingerprint density at radius 1 is 1.14 bits per heavy atom. The zero-order chi connectivity index (χ0) is 10.3. The largest absolute Gasteiger partial charge is 0.207 e. The number of halogens is 2. The Morgan fingerprint density at radius 2 is 1.79 bits per heavy atom. The second-order valence-corrected chi connectivity index (χ2v) is 4.62. The van der Waals surface area contributed by atoms with Gasteiger partial charge in [0.15, 0.2) is 0 Å². The minimum Gasteiger partial charge on any atom is -0.207 e. The van der Waals surface area contributed by atoms with Crippen LogP contribution in [0.5, 0.6) is 0 Å². The first-order valence-corrected chi connectivity index (χ1v) is 5.00. The maximum Gasteiger partial charge on any atom is 0.127 e. The van der Waals surface area contributed by atoms with Crippen LogP contribution in [0.25, 0.3) is 0 Å². The van der Waals surface area contributed by atoms with Gasteiger partial charge in [-0.15, -0.1) is 0 Å². The molecule has 0 atom stereocenters. The number of rotatable bonds is 0. The predicted molar refractivity (Wildman–Crippen MR) is 52.3 cm³/mol. The molecule has 0 aromatic heterocycles. The zero-order valence-electron chi connectivity index (χ0n) is 8.53. The summed E-state index contributed by atoms with van der Waals surface area (Å²) in [5.74, 6) is -0.514. The summed E-state index contributed by atoms with van der Waals surface area (Å²) in [6.07, 6.45) is 2.54. The van der Waals surface area contributed by atoms with Gasteiger partial charge in [0.25, 0.3) is 0 Å². The van der Waals surface area contributed by atoms with Gasteiger partial charge in [0.2, 0.25) is 0 Å². The fourth-order valence-electron chi connectivity index (χ4n) is 2.40. The van der Waals surface area contributed by atoms with Crippen LogP contribution in [0.4, 0.5) is 8.78 Å². The SMILES string of the molecule is CC1(C)CCCc2c(F)ccc(F)c21. The van der Waals surface area contributed by atoms with Crippen LogP contribution >= 0.6 is 0 Å². The summed E-state index contributed by atoms with van der Waals surface area (Å²) in [7, 11) is 0. The van der Waals surface area contributed by atoms with E-state index in [4.69, 9.17) is 0 Å². The van der Waals surface area contributed by atoms with E-state index in [1.54, 1.807) is 0 Å². The van der Waals surface area contributed by atoms with Gasteiger partial charge in [-0.25, -0.2) is 8.78 Å². The molecule has 0 nitrogen and oxygen atoms in total. The van der Waals surface area contributed by atoms with Crippen LogP contribution in [-0.2, 0) is 11.8 Å². The molecule has 1 aromatic rings. The molecule has 0 radical (unpaired) electrons. The van der Waals surface area contributed by atoms with E-state index in [1.807, 2.05) is 13.8 Å². The third-order valence-electron chi connectivity index (χ3n) is 3.11. The number of hydrogen-bond donors (Lipinski definition) is 0. The lowest BCUT2D eigenvalue weighted by Gasteiger charge is -2.32. The Morgan fingerprint density at radius 3 is 2.43 bits per heavy atom. The lowest BCUT2D eigenvalue weighted by molar-refractivity contribution is 0.397. The lowest BCUT2D eigenvalue weighted by Crippen LogP contribution is -2.26. The molecule has 2 rings (SSSR count). The molecule has 1 aromatic carbocycles. The van der Waals surface area contributed by atoms with Crippen LogP contribution in [0.15, 0.2) is 12.1 Å². The second kappa shape index (κ2) is 3.04. The Balaban J connectivity index is 2.67. The van der Waals surface area contributed by atoms with Crippen LogP contribution in [0.2, 0.25) is 0 Å². The zero-order valence-corrected chi connectivity index (χ0v) is 8.53. The summed E-state index contributed by atoms with van der Waals surface area (Å²) in [5, 5.41) is 0. The molecular formula is C12H14F2. The topological polar surface area (TPSA) is 0 Å². The monoisotopic (exact) mass is 196 g/mol. The smallest absolute Gasteiger partial charge is 0.127 e. The van der Waals surface area contributed by atoms with Crippen LogP contribution in [0, 0.1) is 11.6 Å². The minimum atomic E-state index is -0.258. The maximum absolute atomic E-state index is 13.6. The Labute approximate surface area is 82.9 Å². The van der Waals surface area contributed by atoms with E-state index in [1.165, 1.54) is 12.1 Å². The van der Waals surface area contributed by atoms with Gasteiger partial charge in [0.1, 0.15) is 11.6 Å². The third kappa shape index (κ3) is 1.33. The molecule has 0 heterocycles. The predicted octanol–water partition coefficient (Wildman–Crippen LogP) is 3.58. The molecule has 0 spiro atoms. The van der Waals surface area contributed by atoms with Crippen molar-refractivity contribution in [2.24, 2.45) is 0 Å². The molecule has 1 aliphatic carbocycles. The van der Waals surface area contributed by atoms with Crippen molar-refractivity contribution in [2.45, 2.75) is 38.5 Å². The summed E-state index contributed by atoms with van der Waals surface area (Å²) in [6.45, 7) is 3.96. The van der Waals surface area contributed by atoms with Gasteiger partial charge in [-0.2, -0.15) is 0 Å². The molecule has 76 valence electrons. The van der Waals surface area contributed by atoms with Crippen molar-refractivity contribution < 1.29 is 8.78 Å². The van der Waals surface area contributed by atoms with Crippen LogP contribution < -0.4 is 0 Å². The number of benzene rings is 1. The van der Waals surface area contributed by atoms with E-state index in [2.05, 4.69) is 0 Å². The Kier molecular flexibility index (Phi) is 2.09. The highest BCUT2D eigenvalue weighted by Gasteiger charge is 2.31. The van der Waals surface area contributed by atoms with Crippen molar-refractivity contribution in [3.8, 4) is 0 Å². The normalized spacial score (nSPS) is 19.1. The van der Waals surface area contributed by atoms with E-state index in [9.17, 15) is 8.78 Å². The van der Waals surface area contributed by atoms with Crippen molar-refractivity contribution in [3.05, 3.63) is 34.9 Å². The minimum absolute atomic E-state index is 0.222. The van der Waals surface area contributed by atoms with Gasteiger partial charge in [0.05, 0.1) is 0 Å². The van der Waals surface area contributed by atoms with Crippen LogP contribution in [0.3, 0.4) is 0 Å². The quantitative estimate of drug-likeness (QED) is 0.595. The van der Waals surface area contributed by atoms with Gasteiger partial charge in [-0.3, -0.25) is 0 Å². The first kappa shape index (κ1) is 9.63. The molecule has 0 saturated carbocycles. The van der Waals surface area contributed by atoms with Crippen molar-refractivity contribution in [1.82, 2.24) is 0 Å². The summed E-state index contributed by atoms with van der Waals surface area (Å²) in [5.41, 5.74) is 0.949. The van der Waals surface area contributed by atoms with Crippen molar-refractivity contribution >= 4 is 0 Å². The fraction of sp³-hybridized carbons (Fsp3) is 0.500. The molecule has 0 aliphatic heterocycles. The summed E-state index contributed by atoms with van der Waals surface area (Å²) in [6, 6.07) is 2.47. The van der Waals surface area contributed by atoms with E-state index in [0.717, 1.165) is 12.8 Å². The molecule has 1 aliphatic rings. The van der Waals surface area contributed by atoms with Crippen LogP contribution in [-0.4, -0.2) is 0 Å².